The number of aryl methyl sites for hydroxylation is 1. The van der Waals surface area contributed by atoms with Gasteiger partial charge in [0.05, 0.1) is 4.90 Å². The highest BCUT2D eigenvalue weighted by Crippen LogP contribution is 2.28. The zero-order valence-electron chi connectivity index (χ0n) is 15.5. The van der Waals surface area contributed by atoms with Crippen LogP contribution in [0, 0.1) is 6.92 Å². The van der Waals surface area contributed by atoms with Crippen LogP contribution in [0.15, 0.2) is 65.8 Å². The molecule has 1 saturated heterocycles. The highest BCUT2D eigenvalue weighted by Gasteiger charge is 2.33. The van der Waals surface area contributed by atoms with Crippen LogP contribution in [-0.4, -0.2) is 43.4 Å². The van der Waals surface area contributed by atoms with Gasteiger partial charge in [-0.1, -0.05) is 24.3 Å². The Morgan fingerprint density at radius 3 is 2.67 bits per heavy atom. The Balaban J connectivity index is 1.63. The van der Waals surface area contributed by atoms with Crippen molar-refractivity contribution in [3.05, 3.63) is 66.5 Å². The van der Waals surface area contributed by atoms with Crippen molar-refractivity contribution < 1.29 is 8.42 Å². The molecule has 3 aromatic rings. The quantitative estimate of drug-likeness (QED) is 0.697. The third-order valence-corrected chi connectivity index (χ3v) is 7.11. The lowest BCUT2D eigenvalue weighted by molar-refractivity contribution is 0.343. The van der Waals surface area contributed by atoms with Gasteiger partial charge in [-0.2, -0.15) is 4.31 Å². The Kier molecular flexibility index (Phi) is 4.61. The first-order chi connectivity index (χ1) is 13.0. The van der Waals surface area contributed by atoms with Gasteiger partial charge in [0, 0.05) is 54.5 Å². The molecular weight excluding hydrogens is 358 g/mol. The summed E-state index contributed by atoms with van der Waals surface area (Å²) in [4.78, 5) is 6.74. The Morgan fingerprint density at radius 2 is 1.89 bits per heavy atom. The normalized spacial score (nSPS) is 18.7. The van der Waals surface area contributed by atoms with E-state index in [0.29, 0.717) is 24.5 Å². The molecule has 4 rings (SSSR count). The third kappa shape index (κ3) is 3.31. The molecule has 1 aliphatic rings. The summed E-state index contributed by atoms with van der Waals surface area (Å²) in [7, 11) is -3.56. The lowest BCUT2D eigenvalue weighted by atomic mass is 10.1. The van der Waals surface area contributed by atoms with Crippen LogP contribution in [0.3, 0.4) is 0 Å². The number of nitrogens with zero attached hydrogens (tertiary/aromatic N) is 3. The molecule has 0 N–H and O–H groups in total. The van der Waals surface area contributed by atoms with E-state index in [-0.39, 0.29) is 6.04 Å². The number of piperazine rings is 1. The molecule has 6 heteroatoms. The van der Waals surface area contributed by atoms with Crippen molar-refractivity contribution in [1.82, 2.24) is 9.29 Å². The SMILES string of the molecule is Cc1cccc(N2CCN(S(=O)(=O)c3cccc4cnccc34)CC2C)c1. The van der Waals surface area contributed by atoms with E-state index in [1.807, 2.05) is 12.1 Å². The predicted molar refractivity (Wildman–Crippen MR) is 108 cm³/mol. The lowest BCUT2D eigenvalue weighted by Crippen LogP contribution is -2.53. The molecule has 0 radical (unpaired) electrons. The Bertz CT molecular complexity index is 1080. The van der Waals surface area contributed by atoms with E-state index in [1.165, 1.54) is 5.56 Å². The minimum atomic E-state index is -3.56. The van der Waals surface area contributed by atoms with Crippen molar-refractivity contribution in [3.63, 3.8) is 0 Å². The first-order valence-electron chi connectivity index (χ1n) is 9.13. The monoisotopic (exact) mass is 381 g/mol. The van der Waals surface area contributed by atoms with Crippen LogP contribution >= 0.6 is 0 Å². The molecule has 1 fully saturated rings. The number of rotatable bonds is 3. The highest BCUT2D eigenvalue weighted by atomic mass is 32.2. The average Bonchev–Trinajstić information content (AvgIpc) is 2.67. The van der Waals surface area contributed by atoms with Gasteiger partial charge >= 0.3 is 0 Å². The molecule has 0 amide bonds. The van der Waals surface area contributed by atoms with E-state index >= 15 is 0 Å². The van der Waals surface area contributed by atoms with Crippen LogP contribution in [0.2, 0.25) is 0 Å². The zero-order valence-corrected chi connectivity index (χ0v) is 16.4. The topological polar surface area (TPSA) is 53.5 Å². The molecule has 140 valence electrons. The zero-order chi connectivity index (χ0) is 19.0. The number of fused-ring (bicyclic) bond motifs is 1. The standard InChI is InChI=1S/C21H23N3O2S/c1-16-5-3-7-19(13-16)24-12-11-23(15-17(24)2)27(25,26)21-8-4-6-18-14-22-10-9-20(18)21/h3-10,13-14,17H,11-12,15H2,1-2H3. The van der Waals surface area contributed by atoms with Crippen molar-refractivity contribution >= 4 is 26.5 Å². The molecule has 0 aliphatic carbocycles. The van der Waals surface area contributed by atoms with Gasteiger partial charge < -0.3 is 4.90 Å². The second-order valence-corrected chi connectivity index (χ2v) is 9.00. The summed E-state index contributed by atoms with van der Waals surface area (Å²) in [6.07, 6.45) is 3.34. The summed E-state index contributed by atoms with van der Waals surface area (Å²) in [6.45, 7) is 5.78. The van der Waals surface area contributed by atoms with Crippen LogP contribution < -0.4 is 4.90 Å². The summed E-state index contributed by atoms with van der Waals surface area (Å²) in [5.41, 5.74) is 2.36. The van der Waals surface area contributed by atoms with Crippen molar-refractivity contribution in [2.75, 3.05) is 24.5 Å². The summed E-state index contributed by atoms with van der Waals surface area (Å²) in [5, 5.41) is 1.56. The summed E-state index contributed by atoms with van der Waals surface area (Å²) < 4.78 is 28.3. The molecule has 2 aromatic carbocycles. The Labute approximate surface area is 160 Å². The predicted octanol–water partition coefficient (Wildman–Crippen LogP) is 3.44. The van der Waals surface area contributed by atoms with E-state index in [9.17, 15) is 8.42 Å². The van der Waals surface area contributed by atoms with Gasteiger partial charge in [0.25, 0.3) is 0 Å². The fourth-order valence-electron chi connectivity index (χ4n) is 3.79. The maximum absolute atomic E-state index is 13.3. The molecule has 0 spiro atoms. The van der Waals surface area contributed by atoms with Gasteiger partial charge in [0.15, 0.2) is 0 Å². The number of sulfonamides is 1. The fourth-order valence-corrected chi connectivity index (χ4v) is 5.52. The molecule has 0 saturated carbocycles. The Morgan fingerprint density at radius 1 is 1.07 bits per heavy atom. The lowest BCUT2D eigenvalue weighted by Gasteiger charge is -2.40. The van der Waals surface area contributed by atoms with Crippen LogP contribution in [-0.2, 0) is 10.0 Å². The van der Waals surface area contributed by atoms with Crippen molar-refractivity contribution in [3.8, 4) is 0 Å². The fraction of sp³-hybridized carbons (Fsp3) is 0.286. The van der Waals surface area contributed by atoms with Crippen molar-refractivity contribution in [2.45, 2.75) is 24.8 Å². The van der Waals surface area contributed by atoms with Crippen molar-refractivity contribution in [2.24, 2.45) is 0 Å². The first-order valence-corrected chi connectivity index (χ1v) is 10.6. The minimum Gasteiger partial charge on any atom is -0.366 e. The molecule has 1 aromatic heterocycles. The maximum atomic E-state index is 13.3. The molecule has 0 bridgehead atoms. The Hall–Kier alpha value is -2.44. The molecule has 1 aliphatic heterocycles. The van der Waals surface area contributed by atoms with Gasteiger partial charge in [0.2, 0.25) is 10.0 Å². The van der Waals surface area contributed by atoms with Gasteiger partial charge in [-0.15, -0.1) is 0 Å². The van der Waals surface area contributed by atoms with Gasteiger partial charge in [-0.25, -0.2) is 8.42 Å². The van der Waals surface area contributed by atoms with Gasteiger partial charge in [-0.3, -0.25) is 4.98 Å². The van der Waals surface area contributed by atoms with Crippen molar-refractivity contribution in [1.29, 1.82) is 0 Å². The smallest absolute Gasteiger partial charge is 0.243 e. The highest BCUT2D eigenvalue weighted by molar-refractivity contribution is 7.89. The molecule has 1 unspecified atom stereocenters. The maximum Gasteiger partial charge on any atom is 0.243 e. The number of benzene rings is 2. The van der Waals surface area contributed by atoms with Crippen LogP contribution in [0.1, 0.15) is 12.5 Å². The summed E-state index contributed by atoms with van der Waals surface area (Å²) in [5.74, 6) is 0. The summed E-state index contributed by atoms with van der Waals surface area (Å²) >= 11 is 0. The molecule has 2 heterocycles. The number of anilines is 1. The second-order valence-electron chi connectivity index (χ2n) is 7.10. The largest absolute Gasteiger partial charge is 0.366 e. The third-order valence-electron chi connectivity index (χ3n) is 5.18. The molecular formula is C21H23N3O2S. The van der Waals surface area contributed by atoms with E-state index in [2.05, 4.69) is 41.9 Å². The number of hydrogen-bond acceptors (Lipinski definition) is 4. The van der Waals surface area contributed by atoms with Gasteiger partial charge in [0.1, 0.15) is 0 Å². The summed E-state index contributed by atoms with van der Waals surface area (Å²) in [6, 6.07) is 15.6. The molecule has 27 heavy (non-hydrogen) atoms. The van der Waals surface area contributed by atoms with E-state index < -0.39 is 10.0 Å². The first kappa shape index (κ1) is 17.9. The van der Waals surface area contributed by atoms with E-state index in [4.69, 9.17) is 0 Å². The van der Waals surface area contributed by atoms with Crippen LogP contribution in [0.4, 0.5) is 5.69 Å². The van der Waals surface area contributed by atoms with Crippen LogP contribution in [0.25, 0.3) is 10.8 Å². The molecule has 1 atom stereocenters. The number of hydrogen-bond donors (Lipinski definition) is 0. The van der Waals surface area contributed by atoms with Crippen LogP contribution in [0.5, 0.6) is 0 Å². The average molecular weight is 382 g/mol. The van der Waals surface area contributed by atoms with E-state index in [0.717, 1.165) is 16.5 Å². The minimum absolute atomic E-state index is 0.104. The second kappa shape index (κ2) is 6.94. The molecule has 5 nitrogen and oxygen atoms in total. The van der Waals surface area contributed by atoms with E-state index in [1.54, 1.807) is 34.9 Å². The number of aromatic nitrogens is 1. The number of pyridine rings is 1. The van der Waals surface area contributed by atoms with Gasteiger partial charge in [-0.05, 0) is 43.7 Å².